The van der Waals surface area contributed by atoms with Crippen LogP contribution in [0.15, 0.2) is 36.4 Å². The first-order chi connectivity index (χ1) is 15.6. The molecule has 1 saturated heterocycles. The molecule has 8 heteroatoms. The Kier molecular flexibility index (Phi) is 7.37. The van der Waals surface area contributed by atoms with Gasteiger partial charge in [0.2, 0.25) is 0 Å². The van der Waals surface area contributed by atoms with Gasteiger partial charge >= 0.3 is 0 Å². The van der Waals surface area contributed by atoms with Gasteiger partial charge in [0, 0.05) is 31.7 Å². The maximum absolute atomic E-state index is 13.0. The van der Waals surface area contributed by atoms with Crippen LogP contribution in [0.1, 0.15) is 36.5 Å². The summed E-state index contributed by atoms with van der Waals surface area (Å²) in [5.41, 5.74) is 1.46. The van der Waals surface area contributed by atoms with Crippen LogP contribution in [0.3, 0.4) is 0 Å². The van der Waals surface area contributed by atoms with Crippen molar-refractivity contribution in [2.45, 2.75) is 26.2 Å². The summed E-state index contributed by atoms with van der Waals surface area (Å²) in [5, 5.41) is 1.58. The number of carbonyl (C=O) groups is 1. The molecule has 2 aromatic carbocycles. The fraction of sp³-hybridized carbons (Fsp3) is 0.417. The van der Waals surface area contributed by atoms with Crippen LogP contribution in [0.5, 0.6) is 11.5 Å². The molecule has 3 aromatic rings. The molecule has 1 aliphatic rings. The number of rotatable bonds is 8. The standard InChI is InChI=1S/C24H28ClN3O3S/c1-3-4-5-15-31-18-8-6-7-17(16-18)23(29)27-11-13-28(14-12-27)24-26-21-20(30-2)10-9-19(25)22(21)32-24/h6-10,16H,3-5,11-15H2,1-2H3. The number of aromatic nitrogens is 1. The summed E-state index contributed by atoms with van der Waals surface area (Å²) in [6.07, 6.45) is 3.33. The minimum absolute atomic E-state index is 0.0395. The van der Waals surface area contributed by atoms with E-state index in [0.29, 0.717) is 30.3 Å². The number of unbranched alkanes of at least 4 members (excludes halogenated alkanes) is 2. The average Bonchev–Trinajstić information content (AvgIpc) is 3.29. The lowest BCUT2D eigenvalue weighted by molar-refractivity contribution is 0.0746. The number of anilines is 1. The van der Waals surface area contributed by atoms with E-state index >= 15 is 0 Å². The van der Waals surface area contributed by atoms with Gasteiger partial charge in [0.25, 0.3) is 5.91 Å². The molecule has 170 valence electrons. The SMILES string of the molecule is CCCCCOc1cccc(C(=O)N2CCN(c3nc4c(OC)ccc(Cl)c4s3)CC2)c1. The highest BCUT2D eigenvalue weighted by molar-refractivity contribution is 7.22. The number of carbonyl (C=O) groups excluding carboxylic acids is 1. The second-order valence-electron chi connectivity index (χ2n) is 7.79. The smallest absolute Gasteiger partial charge is 0.254 e. The fourth-order valence-corrected chi connectivity index (χ4v) is 5.09. The van der Waals surface area contributed by atoms with E-state index in [1.165, 1.54) is 0 Å². The molecular formula is C24H28ClN3O3S. The van der Waals surface area contributed by atoms with Crippen molar-refractivity contribution in [3.8, 4) is 11.5 Å². The van der Waals surface area contributed by atoms with Crippen LogP contribution in [-0.4, -0.2) is 55.7 Å². The quantitative estimate of drug-likeness (QED) is 0.405. The van der Waals surface area contributed by atoms with Gasteiger partial charge in [-0.3, -0.25) is 4.79 Å². The normalized spacial score (nSPS) is 14.1. The van der Waals surface area contributed by atoms with Crippen LogP contribution in [0.4, 0.5) is 5.13 Å². The van der Waals surface area contributed by atoms with E-state index in [4.69, 9.17) is 26.1 Å². The van der Waals surface area contributed by atoms with Crippen molar-refractivity contribution in [2.24, 2.45) is 0 Å². The summed E-state index contributed by atoms with van der Waals surface area (Å²) < 4.78 is 12.2. The summed E-state index contributed by atoms with van der Waals surface area (Å²) >= 11 is 7.93. The molecule has 0 unspecified atom stereocenters. The van der Waals surface area contributed by atoms with Crippen LogP contribution >= 0.6 is 22.9 Å². The molecule has 0 saturated carbocycles. The van der Waals surface area contributed by atoms with Gasteiger partial charge in [-0.2, -0.15) is 0 Å². The van der Waals surface area contributed by atoms with E-state index in [1.54, 1.807) is 18.4 Å². The number of halogens is 1. The second kappa shape index (κ2) is 10.4. The summed E-state index contributed by atoms with van der Waals surface area (Å²) in [6, 6.07) is 11.2. The third-order valence-electron chi connectivity index (χ3n) is 5.60. The third-order valence-corrected chi connectivity index (χ3v) is 7.18. The first kappa shape index (κ1) is 22.7. The number of methoxy groups -OCH3 is 1. The molecule has 1 aromatic heterocycles. The van der Waals surface area contributed by atoms with Crippen LogP contribution in [-0.2, 0) is 0 Å². The van der Waals surface area contributed by atoms with E-state index < -0.39 is 0 Å². The van der Waals surface area contributed by atoms with Gasteiger partial charge in [-0.15, -0.1) is 0 Å². The molecule has 2 heterocycles. The lowest BCUT2D eigenvalue weighted by Gasteiger charge is -2.34. The van der Waals surface area contributed by atoms with Gasteiger partial charge in [0.1, 0.15) is 17.0 Å². The lowest BCUT2D eigenvalue weighted by Crippen LogP contribution is -2.48. The van der Waals surface area contributed by atoms with Crippen LogP contribution in [0.25, 0.3) is 10.2 Å². The summed E-state index contributed by atoms with van der Waals surface area (Å²) in [7, 11) is 1.64. The first-order valence-electron chi connectivity index (χ1n) is 11.0. The highest BCUT2D eigenvalue weighted by Crippen LogP contribution is 2.38. The third kappa shape index (κ3) is 4.94. The molecule has 0 spiro atoms. The molecule has 4 rings (SSSR count). The zero-order valence-corrected chi connectivity index (χ0v) is 20.0. The number of hydrogen-bond acceptors (Lipinski definition) is 6. The number of fused-ring (bicyclic) bond motifs is 1. The minimum Gasteiger partial charge on any atom is -0.494 e. The molecule has 0 N–H and O–H groups in total. The molecule has 0 bridgehead atoms. The van der Waals surface area contributed by atoms with Crippen molar-refractivity contribution in [3.05, 3.63) is 47.0 Å². The predicted octanol–water partition coefficient (Wildman–Crippen LogP) is 5.49. The lowest BCUT2D eigenvalue weighted by atomic mass is 10.1. The van der Waals surface area contributed by atoms with Gasteiger partial charge in [-0.1, -0.05) is 48.8 Å². The number of nitrogens with zero attached hydrogens (tertiary/aromatic N) is 3. The van der Waals surface area contributed by atoms with Gasteiger partial charge < -0.3 is 19.3 Å². The van der Waals surface area contributed by atoms with Crippen molar-refractivity contribution < 1.29 is 14.3 Å². The van der Waals surface area contributed by atoms with Gasteiger partial charge in [-0.25, -0.2) is 4.98 Å². The van der Waals surface area contributed by atoms with Crippen molar-refractivity contribution >= 4 is 44.2 Å². The summed E-state index contributed by atoms with van der Waals surface area (Å²) in [4.78, 5) is 21.9. The Bertz CT molecular complexity index is 1080. The van der Waals surface area contributed by atoms with E-state index in [9.17, 15) is 4.79 Å². The topological polar surface area (TPSA) is 54.9 Å². The van der Waals surface area contributed by atoms with Crippen LogP contribution in [0.2, 0.25) is 5.02 Å². The molecule has 0 aliphatic carbocycles. The molecule has 1 aliphatic heterocycles. The van der Waals surface area contributed by atoms with E-state index in [0.717, 1.165) is 59.2 Å². The Labute approximate surface area is 197 Å². The van der Waals surface area contributed by atoms with Gasteiger partial charge in [0.05, 0.1) is 23.4 Å². The van der Waals surface area contributed by atoms with Crippen molar-refractivity contribution in [2.75, 3.05) is 44.8 Å². The highest BCUT2D eigenvalue weighted by Gasteiger charge is 2.25. The highest BCUT2D eigenvalue weighted by atomic mass is 35.5. The number of ether oxygens (including phenoxy) is 2. The van der Waals surface area contributed by atoms with Crippen molar-refractivity contribution in [1.82, 2.24) is 9.88 Å². The van der Waals surface area contributed by atoms with Crippen molar-refractivity contribution in [3.63, 3.8) is 0 Å². The summed E-state index contributed by atoms with van der Waals surface area (Å²) in [5.74, 6) is 1.51. The Morgan fingerprint density at radius 3 is 2.72 bits per heavy atom. The average molecular weight is 474 g/mol. The Morgan fingerprint density at radius 1 is 1.16 bits per heavy atom. The Morgan fingerprint density at radius 2 is 1.97 bits per heavy atom. The largest absolute Gasteiger partial charge is 0.494 e. The van der Waals surface area contributed by atoms with Crippen LogP contribution in [0, 0.1) is 0 Å². The number of piperazine rings is 1. The first-order valence-corrected chi connectivity index (χ1v) is 12.2. The van der Waals surface area contributed by atoms with E-state index in [1.807, 2.05) is 41.3 Å². The Hall–Kier alpha value is -2.51. The van der Waals surface area contributed by atoms with E-state index in [-0.39, 0.29) is 5.91 Å². The fourth-order valence-electron chi connectivity index (χ4n) is 3.79. The molecule has 32 heavy (non-hydrogen) atoms. The monoisotopic (exact) mass is 473 g/mol. The zero-order valence-electron chi connectivity index (χ0n) is 18.5. The van der Waals surface area contributed by atoms with E-state index in [2.05, 4.69) is 11.8 Å². The summed E-state index contributed by atoms with van der Waals surface area (Å²) in [6.45, 7) is 5.57. The van der Waals surface area contributed by atoms with Gasteiger partial charge in [-0.05, 0) is 36.8 Å². The van der Waals surface area contributed by atoms with Crippen LogP contribution < -0.4 is 14.4 Å². The maximum Gasteiger partial charge on any atom is 0.254 e. The van der Waals surface area contributed by atoms with Crippen molar-refractivity contribution in [1.29, 1.82) is 0 Å². The molecule has 6 nitrogen and oxygen atoms in total. The second-order valence-corrected chi connectivity index (χ2v) is 9.17. The number of hydrogen-bond donors (Lipinski definition) is 0. The maximum atomic E-state index is 13.0. The zero-order chi connectivity index (χ0) is 22.5. The van der Waals surface area contributed by atoms with Gasteiger partial charge in [0.15, 0.2) is 5.13 Å². The molecule has 1 fully saturated rings. The number of benzene rings is 2. The number of amides is 1. The molecule has 0 radical (unpaired) electrons. The predicted molar refractivity (Wildman–Crippen MR) is 131 cm³/mol. The molecule has 0 atom stereocenters. The molecular weight excluding hydrogens is 446 g/mol. The Balaban J connectivity index is 1.39. The molecule has 1 amide bonds. The number of thiazole rings is 1. The minimum atomic E-state index is 0.0395.